The van der Waals surface area contributed by atoms with Crippen LogP contribution in [0.5, 0.6) is 0 Å². The van der Waals surface area contributed by atoms with Crippen molar-refractivity contribution >= 4 is 19.6 Å². The number of hydrogen-bond acceptors (Lipinski definition) is 2. The van der Waals surface area contributed by atoms with E-state index in [1.807, 2.05) is 77.9 Å². The van der Waals surface area contributed by atoms with Crippen molar-refractivity contribution in [2.75, 3.05) is 13.1 Å². The Labute approximate surface area is 388 Å². The average molecular weight is 923 g/mol. The zero-order valence-corrected chi connectivity index (χ0v) is 40.6. The van der Waals surface area contributed by atoms with Crippen molar-refractivity contribution in [2.45, 2.75) is 118 Å². The molecule has 6 rings (SSSR count). The number of allylic oxidation sites excluding steroid dienone is 8. The summed E-state index contributed by atoms with van der Waals surface area (Å²) >= 11 is -4.05. The summed E-state index contributed by atoms with van der Waals surface area (Å²) < 4.78 is 69.0. The Morgan fingerprint density at radius 2 is 0.923 bits per heavy atom. The molecule has 0 heterocycles. The SMILES string of the molecule is CCCC(C)(C)C(=O)N(Cc1ccccc1F)CC(F)Cc1cccc[c]1[Ti]([C]1=CC=CC1)([C]1=CC=CC1)[c]1ccccc1CC(F)CN(Cc1ccccc1F)C(=O)C(C)(C)CCC. The number of rotatable bonds is 22. The molecule has 0 radical (unpaired) electrons. The Balaban J connectivity index is 1.40. The standard InChI is InChI=1S/2C23H28F2NO.2C5H5.Ti/c2*1-4-14-23(2,3)22(27)26(16-19-12-8-9-13-21(19)25)17-20(24)15-18-10-6-5-7-11-18;2*1-2-4-5-3-1;/h2*5-10,12-13,20H,4,14-17H2,1-3H3;2*1-3H,4H2;. The van der Waals surface area contributed by atoms with Gasteiger partial charge >= 0.3 is 391 Å². The van der Waals surface area contributed by atoms with E-state index in [0.29, 0.717) is 36.8 Å². The van der Waals surface area contributed by atoms with Gasteiger partial charge in [0.15, 0.2) is 0 Å². The third kappa shape index (κ3) is 11.6. The molecule has 2 unspecified atom stereocenters. The van der Waals surface area contributed by atoms with Gasteiger partial charge in [0.2, 0.25) is 0 Å². The Morgan fingerprint density at radius 3 is 1.26 bits per heavy atom. The Hall–Kier alpha value is -4.79. The molecule has 0 N–H and O–H groups in total. The van der Waals surface area contributed by atoms with E-state index in [0.717, 1.165) is 31.7 Å². The third-order valence-electron chi connectivity index (χ3n) is 13.2. The fraction of sp³-hybridized carbons (Fsp3) is 0.393. The maximum absolute atomic E-state index is 17.1. The number of amides is 2. The van der Waals surface area contributed by atoms with Crippen LogP contribution in [-0.2, 0) is 52.1 Å². The molecule has 2 aliphatic carbocycles. The summed E-state index contributed by atoms with van der Waals surface area (Å²) in [6, 6.07) is 28.8. The quantitative estimate of drug-likeness (QED) is 0.0582. The maximum atomic E-state index is 17.1. The normalized spacial score (nSPS) is 14.9. The Bertz CT molecular complexity index is 2250. The van der Waals surface area contributed by atoms with Gasteiger partial charge in [-0.3, -0.25) is 0 Å². The fourth-order valence-electron chi connectivity index (χ4n) is 10.1. The van der Waals surface area contributed by atoms with Crippen LogP contribution in [0.1, 0.15) is 102 Å². The number of halogens is 4. The van der Waals surface area contributed by atoms with E-state index in [4.69, 9.17) is 0 Å². The predicted molar refractivity (Wildman–Crippen MR) is 254 cm³/mol. The average Bonchev–Trinajstić information content (AvgIpc) is 4.03. The molecule has 2 amide bonds. The first-order chi connectivity index (χ1) is 31.1. The van der Waals surface area contributed by atoms with Gasteiger partial charge in [0.1, 0.15) is 0 Å². The van der Waals surface area contributed by atoms with Crippen molar-refractivity contribution in [3.05, 3.63) is 175 Å². The summed E-state index contributed by atoms with van der Waals surface area (Å²) in [5.41, 5.74) is 0.804. The van der Waals surface area contributed by atoms with Crippen molar-refractivity contribution in [1.82, 2.24) is 9.80 Å². The van der Waals surface area contributed by atoms with Gasteiger partial charge in [-0.1, -0.05) is 0 Å². The fourth-order valence-corrected chi connectivity index (χ4v) is 19.0. The zero-order chi connectivity index (χ0) is 46.8. The van der Waals surface area contributed by atoms with Crippen molar-refractivity contribution in [3.63, 3.8) is 0 Å². The molecule has 0 fully saturated rings. The van der Waals surface area contributed by atoms with Crippen LogP contribution in [0.15, 0.2) is 141 Å². The van der Waals surface area contributed by atoms with Crippen LogP contribution in [0, 0.1) is 22.5 Å². The first kappa shape index (κ1) is 49.6. The van der Waals surface area contributed by atoms with Gasteiger partial charge in [-0.15, -0.1) is 0 Å². The molecule has 0 aliphatic heterocycles. The van der Waals surface area contributed by atoms with Gasteiger partial charge in [0.25, 0.3) is 0 Å². The van der Waals surface area contributed by atoms with Gasteiger partial charge in [0.05, 0.1) is 0 Å². The molecule has 0 aromatic heterocycles. The van der Waals surface area contributed by atoms with Gasteiger partial charge in [-0.05, 0) is 0 Å². The topological polar surface area (TPSA) is 40.6 Å². The summed E-state index contributed by atoms with van der Waals surface area (Å²) in [4.78, 5) is 31.3. The molecule has 4 aromatic rings. The Morgan fingerprint density at radius 1 is 0.569 bits per heavy atom. The molecule has 0 bridgehead atoms. The van der Waals surface area contributed by atoms with Crippen molar-refractivity contribution in [3.8, 4) is 0 Å². The number of alkyl halides is 2. The summed E-state index contributed by atoms with van der Waals surface area (Å²) in [6.07, 6.45) is 14.1. The second-order valence-corrected chi connectivity index (χ2v) is 25.2. The molecule has 0 saturated carbocycles. The van der Waals surface area contributed by atoms with Crippen LogP contribution >= 0.6 is 0 Å². The van der Waals surface area contributed by atoms with Crippen LogP contribution in [0.25, 0.3) is 0 Å². The van der Waals surface area contributed by atoms with E-state index < -0.39 is 51.4 Å². The summed E-state index contributed by atoms with van der Waals surface area (Å²) in [5.74, 6) is -1.30. The molecule has 4 aromatic carbocycles. The Kier molecular flexibility index (Phi) is 16.9. The monoisotopic (exact) mass is 922 g/mol. The van der Waals surface area contributed by atoms with E-state index in [-0.39, 0.29) is 50.8 Å². The van der Waals surface area contributed by atoms with Crippen LogP contribution in [-0.4, -0.2) is 47.0 Å². The van der Waals surface area contributed by atoms with Gasteiger partial charge in [-0.25, -0.2) is 0 Å². The third-order valence-corrected chi connectivity index (χ3v) is 21.4. The minimum absolute atomic E-state index is 0.0222. The van der Waals surface area contributed by atoms with E-state index in [2.05, 4.69) is 48.6 Å². The second kappa shape index (κ2) is 22.1. The number of hydrogen-bond donors (Lipinski definition) is 0. The van der Waals surface area contributed by atoms with Crippen molar-refractivity contribution in [2.24, 2.45) is 10.8 Å². The van der Waals surface area contributed by atoms with E-state index >= 15 is 17.6 Å². The first-order valence-electron chi connectivity index (χ1n) is 23.3. The van der Waals surface area contributed by atoms with E-state index in [1.165, 1.54) is 29.7 Å². The second-order valence-electron chi connectivity index (χ2n) is 19.1. The minimum atomic E-state index is -4.05. The van der Waals surface area contributed by atoms with E-state index in [1.54, 1.807) is 36.4 Å². The first-order valence-corrected chi connectivity index (χ1v) is 26.5. The molecule has 65 heavy (non-hydrogen) atoms. The van der Waals surface area contributed by atoms with Crippen molar-refractivity contribution < 1.29 is 43.7 Å². The summed E-state index contributed by atoms with van der Waals surface area (Å²) in [6.45, 7) is 11.0. The van der Waals surface area contributed by atoms with Crippen molar-refractivity contribution in [1.29, 1.82) is 0 Å². The van der Waals surface area contributed by atoms with E-state index in [9.17, 15) is 9.59 Å². The molecule has 2 atom stereocenters. The van der Waals surface area contributed by atoms with Gasteiger partial charge in [0, 0.05) is 0 Å². The molecule has 344 valence electrons. The molecule has 2 aliphatic rings. The number of carbonyl (C=O) groups excluding carboxylic acids is 2. The van der Waals surface area contributed by atoms with Crippen LogP contribution in [0.4, 0.5) is 17.6 Å². The molecular weight excluding hydrogens is 856 g/mol. The molecular formula is C56H66F4N2O2Ti. The zero-order valence-electron chi connectivity index (χ0n) is 39.1. The van der Waals surface area contributed by atoms with Crippen LogP contribution < -0.4 is 7.74 Å². The molecule has 4 nitrogen and oxygen atoms in total. The summed E-state index contributed by atoms with van der Waals surface area (Å²) in [7, 11) is 0. The van der Waals surface area contributed by atoms with Gasteiger partial charge in [-0.2, -0.15) is 0 Å². The van der Waals surface area contributed by atoms with Gasteiger partial charge < -0.3 is 0 Å². The summed E-state index contributed by atoms with van der Waals surface area (Å²) in [5, 5.41) is 0. The van der Waals surface area contributed by atoms with Crippen LogP contribution in [0.2, 0.25) is 0 Å². The molecule has 0 spiro atoms. The number of nitrogens with zero attached hydrogens (tertiary/aromatic N) is 2. The molecule has 9 heteroatoms. The van der Waals surface area contributed by atoms with Crippen LogP contribution in [0.3, 0.4) is 0 Å². The number of carbonyl (C=O) groups is 2. The number of benzene rings is 4. The molecule has 0 saturated heterocycles. The predicted octanol–water partition coefficient (Wildman–Crippen LogP) is 12.2.